The summed E-state index contributed by atoms with van der Waals surface area (Å²) in [5.74, 6) is 0. The van der Waals surface area contributed by atoms with Gasteiger partial charge in [0.25, 0.3) is 0 Å². The standard InChI is InChI=1S/C13H20N2/c1-2-5-13(6-7-13)11-15-10-12-3-8-14-9-4-12/h3-4,8-9,15H,2,5-7,10-11H2,1H3. The van der Waals surface area contributed by atoms with E-state index in [1.807, 2.05) is 12.4 Å². The summed E-state index contributed by atoms with van der Waals surface area (Å²) in [6.45, 7) is 4.44. The number of nitrogens with one attached hydrogen (secondary N) is 1. The molecule has 1 aromatic heterocycles. The quantitative estimate of drug-likeness (QED) is 0.770. The number of hydrogen-bond acceptors (Lipinski definition) is 2. The lowest BCUT2D eigenvalue weighted by Gasteiger charge is -2.14. The summed E-state index contributed by atoms with van der Waals surface area (Å²) in [4.78, 5) is 4.02. The lowest BCUT2D eigenvalue weighted by molar-refractivity contribution is 0.421. The van der Waals surface area contributed by atoms with Gasteiger partial charge in [-0.15, -0.1) is 0 Å². The van der Waals surface area contributed by atoms with Gasteiger partial charge >= 0.3 is 0 Å². The zero-order chi connectivity index (χ0) is 10.6. The van der Waals surface area contributed by atoms with Crippen LogP contribution >= 0.6 is 0 Å². The maximum Gasteiger partial charge on any atom is 0.0271 e. The largest absolute Gasteiger partial charge is 0.312 e. The van der Waals surface area contributed by atoms with E-state index in [0.29, 0.717) is 5.41 Å². The minimum atomic E-state index is 0.655. The highest BCUT2D eigenvalue weighted by molar-refractivity contribution is 5.09. The normalized spacial score (nSPS) is 17.7. The van der Waals surface area contributed by atoms with Gasteiger partial charge in [0.1, 0.15) is 0 Å². The lowest BCUT2D eigenvalue weighted by atomic mass is 10.0. The van der Waals surface area contributed by atoms with Crippen LogP contribution in [-0.4, -0.2) is 11.5 Å². The topological polar surface area (TPSA) is 24.9 Å². The second-order valence-electron chi connectivity index (χ2n) is 4.71. The average molecular weight is 204 g/mol. The van der Waals surface area contributed by atoms with E-state index < -0.39 is 0 Å². The molecule has 0 bridgehead atoms. The molecule has 0 atom stereocenters. The van der Waals surface area contributed by atoms with Crippen molar-refractivity contribution in [3.8, 4) is 0 Å². The SMILES string of the molecule is CCCC1(CNCc2ccncc2)CC1. The Bertz CT molecular complexity index is 291. The number of hydrogen-bond donors (Lipinski definition) is 1. The molecule has 2 nitrogen and oxygen atoms in total. The molecule has 0 saturated heterocycles. The van der Waals surface area contributed by atoms with E-state index in [9.17, 15) is 0 Å². The van der Waals surface area contributed by atoms with Crippen molar-refractivity contribution in [3.05, 3.63) is 30.1 Å². The van der Waals surface area contributed by atoms with E-state index in [1.54, 1.807) is 0 Å². The summed E-state index contributed by atoms with van der Waals surface area (Å²) in [5, 5.41) is 3.56. The Labute approximate surface area is 92.1 Å². The summed E-state index contributed by atoms with van der Waals surface area (Å²) in [5.41, 5.74) is 1.99. The molecule has 0 radical (unpaired) electrons. The van der Waals surface area contributed by atoms with Gasteiger partial charge in [0.2, 0.25) is 0 Å². The van der Waals surface area contributed by atoms with Crippen molar-refractivity contribution in [2.24, 2.45) is 5.41 Å². The van der Waals surface area contributed by atoms with Crippen LogP contribution in [0.1, 0.15) is 38.2 Å². The number of rotatable bonds is 6. The summed E-state index contributed by atoms with van der Waals surface area (Å²) >= 11 is 0. The predicted octanol–water partition coefficient (Wildman–Crippen LogP) is 2.75. The highest BCUT2D eigenvalue weighted by Crippen LogP contribution is 2.48. The highest BCUT2D eigenvalue weighted by atomic mass is 14.9. The fourth-order valence-corrected chi connectivity index (χ4v) is 2.19. The van der Waals surface area contributed by atoms with Crippen molar-refractivity contribution < 1.29 is 0 Å². The van der Waals surface area contributed by atoms with Crippen LogP contribution in [0.15, 0.2) is 24.5 Å². The Morgan fingerprint density at radius 3 is 2.67 bits per heavy atom. The zero-order valence-corrected chi connectivity index (χ0v) is 9.50. The third kappa shape index (κ3) is 3.03. The molecule has 1 N–H and O–H groups in total. The van der Waals surface area contributed by atoms with Gasteiger partial charge in [-0.3, -0.25) is 4.98 Å². The molecule has 82 valence electrons. The van der Waals surface area contributed by atoms with E-state index in [1.165, 1.54) is 37.8 Å². The van der Waals surface area contributed by atoms with Gasteiger partial charge < -0.3 is 5.32 Å². The van der Waals surface area contributed by atoms with E-state index in [0.717, 1.165) is 6.54 Å². The molecule has 1 heterocycles. The van der Waals surface area contributed by atoms with E-state index >= 15 is 0 Å². The Balaban J connectivity index is 1.71. The van der Waals surface area contributed by atoms with Gasteiger partial charge in [-0.1, -0.05) is 13.3 Å². The molecule has 0 aromatic carbocycles. The van der Waals surface area contributed by atoms with Crippen LogP contribution in [0.2, 0.25) is 0 Å². The maximum absolute atomic E-state index is 4.02. The van der Waals surface area contributed by atoms with Crippen LogP contribution in [0.3, 0.4) is 0 Å². The molecule has 0 unspecified atom stereocenters. The first kappa shape index (κ1) is 10.6. The zero-order valence-electron chi connectivity index (χ0n) is 9.50. The average Bonchev–Trinajstić information content (AvgIpc) is 3.00. The number of aromatic nitrogens is 1. The van der Waals surface area contributed by atoms with Gasteiger partial charge in [-0.05, 0) is 42.4 Å². The number of pyridine rings is 1. The third-order valence-electron chi connectivity index (χ3n) is 3.32. The van der Waals surface area contributed by atoms with Gasteiger partial charge in [0.05, 0.1) is 0 Å². The van der Waals surface area contributed by atoms with Crippen molar-refractivity contribution >= 4 is 0 Å². The minimum Gasteiger partial charge on any atom is -0.312 e. The van der Waals surface area contributed by atoms with Crippen molar-refractivity contribution in [2.45, 2.75) is 39.2 Å². The van der Waals surface area contributed by atoms with Gasteiger partial charge in [-0.2, -0.15) is 0 Å². The second kappa shape index (κ2) is 4.75. The molecule has 0 spiro atoms. The molecular formula is C13H20N2. The van der Waals surface area contributed by atoms with Crippen LogP contribution in [-0.2, 0) is 6.54 Å². The first-order valence-corrected chi connectivity index (χ1v) is 5.94. The molecule has 2 heteroatoms. The summed E-state index contributed by atoms with van der Waals surface area (Å²) in [7, 11) is 0. The molecule has 1 aliphatic carbocycles. The van der Waals surface area contributed by atoms with Gasteiger partial charge in [0.15, 0.2) is 0 Å². The highest BCUT2D eigenvalue weighted by Gasteiger charge is 2.40. The van der Waals surface area contributed by atoms with Crippen LogP contribution < -0.4 is 5.32 Å². The van der Waals surface area contributed by atoms with Gasteiger partial charge in [0, 0.05) is 25.5 Å². The maximum atomic E-state index is 4.02. The predicted molar refractivity (Wildman–Crippen MR) is 62.5 cm³/mol. The fraction of sp³-hybridized carbons (Fsp3) is 0.615. The van der Waals surface area contributed by atoms with Crippen LogP contribution in [0, 0.1) is 5.41 Å². The van der Waals surface area contributed by atoms with Crippen LogP contribution in [0.5, 0.6) is 0 Å². The van der Waals surface area contributed by atoms with Crippen molar-refractivity contribution in [2.75, 3.05) is 6.54 Å². The molecule has 1 aromatic rings. The van der Waals surface area contributed by atoms with Crippen molar-refractivity contribution in [1.82, 2.24) is 10.3 Å². The molecule has 1 aliphatic rings. The fourth-order valence-electron chi connectivity index (χ4n) is 2.19. The first-order chi connectivity index (χ1) is 7.35. The third-order valence-corrected chi connectivity index (χ3v) is 3.32. The van der Waals surface area contributed by atoms with E-state index in [4.69, 9.17) is 0 Å². The molecule has 0 aliphatic heterocycles. The van der Waals surface area contributed by atoms with Crippen LogP contribution in [0.4, 0.5) is 0 Å². The molecule has 2 rings (SSSR count). The smallest absolute Gasteiger partial charge is 0.0271 e. The van der Waals surface area contributed by atoms with Crippen molar-refractivity contribution in [1.29, 1.82) is 0 Å². The Hall–Kier alpha value is -0.890. The molecule has 0 amide bonds. The van der Waals surface area contributed by atoms with E-state index in [2.05, 4.69) is 29.4 Å². The first-order valence-electron chi connectivity index (χ1n) is 5.94. The summed E-state index contributed by atoms with van der Waals surface area (Å²) in [6, 6.07) is 4.15. The summed E-state index contributed by atoms with van der Waals surface area (Å²) in [6.07, 6.45) is 9.26. The monoisotopic (exact) mass is 204 g/mol. The van der Waals surface area contributed by atoms with Gasteiger partial charge in [-0.25, -0.2) is 0 Å². The van der Waals surface area contributed by atoms with Crippen LogP contribution in [0.25, 0.3) is 0 Å². The molecule has 15 heavy (non-hydrogen) atoms. The molecule has 1 saturated carbocycles. The van der Waals surface area contributed by atoms with Crippen molar-refractivity contribution in [3.63, 3.8) is 0 Å². The molecule has 1 fully saturated rings. The summed E-state index contributed by atoms with van der Waals surface area (Å²) < 4.78 is 0. The molecular weight excluding hydrogens is 184 g/mol. The Morgan fingerprint density at radius 2 is 2.07 bits per heavy atom. The van der Waals surface area contributed by atoms with E-state index in [-0.39, 0.29) is 0 Å². The second-order valence-corrected chi connectivity index (χ2v) is 4.71. The Morgan fingerprint density at radius 1 is 1.33 bits per heavy atom. The number of nitrogens with zero attached hydrogens (tertiary/aromatic N) is 1. The lowest BCUT2D eigenvalue weighted by Crippen LogP contribution is -2.23. The Kier molecular flexibility index (Phi) is 3.37. The minimum absolute atomic E-state index is 0.655.